The number of hydrogen-bond acceptors (Lipinski definition) is 4. The fraction of sp³-hybridized carbons (Fsp3) is 0.533. The minimum absolute atomic E-state index is 0.00181. The Kier molecular flexibility index (Phi) is 5.95. The average Bonchev–Trinajstić information content (AvgIpc) is 2.99. The summed E-state index contributed by atoms with van der Waals surface area (Å²) < 4.78 is 43.2. The van der Waals surface area contributed by atoms with Crippen molar-refractivity contribution in [1.29, 1.82) is 0 Å². The molecule has 1 aliphatic rings. The number of carbonyl (C=O) groups excluding carboxylic acids is 1. The van der Waals surface area contributed by atoms with E-state index < -0.39 is 15.8 Å². The fourth-order valence-electron chi connectivity index (χ4n) is 2.42. The number of rotatable bonds is 7. The van der Waals surface area contributed by atoms with Gasteiger partial charge in [-0.2, -0.15) is 0 Å². The van der Waals surface area contributed by atoms with Crippen LogP contribution in [0, 0.1) is 5.82 Å². The van der Waals surface area contributed by atoms with Gasteiger partial charge >= 0.3 is 0 Å². The highest BCUT2D eigenvalue weighted by Gasteiger charge is 2.20. The summed E-state index contributed by atoms with van der Waals surface area (Å²) in [6, 6.07) is 5.12. The minimum Gasteiger partial charge on any atom is -0.376 e. The summed E-state index contributed by atoms with van der Waals surface area (Å²) in [4.78, 5) is 11.9. The van der Waals surface area contributed by atoms with E-state index in [1.807, 2.05) is 0 Å². The molecule has 0 aromatic heterocycles. The van der Waals surface area contributed by atoms with Crippen LogP contribution in [0.25, 0.3) is 0 Å². The molecule has 0 aliphatic carbocycles. The Hall–Kier alpha value is -1.67. The zero-order chi connectivity index (χ0) is 16.9. The van der Waals surface area contributed by atoms with E-state index in [9.17, 15) is 17.6 Å². The zero-order valence-electron chi connectivity index (χ0n) is 13.0. The van der Waals surface area contributed by atoms with E-state index in [1.54, 1.807) is 0 Å². The highest BCUT2D eigenvalue weighted by molar-refractivity contribution is 7.92. The summed E-state index contributed by atoms with van der Waals surface area (Å²) in [6.45, 7) is 1.16. The first kappa shape index (κ1) is 17.7. The summed E-state index contributed by atoms with van der Waals surface area (Å²) in [5.41, 5.74) is 0.334. The number of hydrogen-bond donors (Lipinski definition) is 1. The van der Waals surface area contributed by atoms with Crippen LogP contribution in [-0.4, -0.2) is 46.4 Å². The molecule has 1 amide bonds. The highest BCUT2D eigenvalue weighted by Crippen LogP contribution is 2.18. The van der Waals surface area contributed by atoms with Crippen LogP contribution in [0.1, 0.15) is 19.3 Å². The van der Waals surface area contributed by atoms with Crippen molar-refractivity contribution in [2.45, 2.75) is 25.4 Å². The van der Waals surface area contributed by atoms with Gasteiger partial charge in [-0.05, 0) is 37.1 Å². The molecule has 1 saturated heterocycles. The molecular weight excluding hydrogens is 323 g/mol. The largest absolute Gasteiger partial charge is 0.376 e. The molecule has 1 fully saturated rings. The Labute approximate surface area is 135 Å². The monoisotopic (exact) mass is 344 g/mol. The second kappa shape index (κ2) is 7.74. The van der Waals surface area contributed by atoms with E-state index in [-0.39, 0.29) is 25.0 Å². The predicted molar refractivity (Wildman–Crippen MR) is 85.2 cm³/mol. The summed E-state index contributed by atoms with van der Waals surface area (Å²) in [7, 11) is -3.55. The summed E-state index contributed by atoms with van der Waals surface area (Å²) >= 11 is 0. The first-order valence-electron chi connectivity index (χ1n) is 7.48. The third-order valence-corrected chi connectivity index (χ3v) is 4.80. The number of nitrogens with zero attached hydrogens (tertiary/aromatic N) is 1. The lowest BCUT2D eigenvalue weighted by Gasteiger charge is -2.22. The molecule has 1 N–H and O–H groups in total. The van der Waals surface area contributed by atoms with Gasteiger partial charge in [0.2, 0.25) is 15.9 Å². The van der Waals surface area contributed by atoms with Gasteiger partial charge in [-0.15, -0.1) is 0 Å². The van der Waals surface area contributed by atoms with Crippen LogP contribution in [0.15, 0.2) is 24.3 Å². The van der Waals surface area contributed by atoms with Gasteiger partial charge in [0.1, 0.15) is 5.82 Å². The van der Waals surface area contributed by atoms with Crippen molar-refractivity contribution in [3.63, 3.8) is 0 Å². The Bertz CT molecular complexity index is 627. The standard InChI is InChI=1S/C15H21FN2O4S/c1-23(20,21)18(13-6-4-12(16)5-7-13)9-8-15(19)17-11-14-3-2-10-22-14/h4-7,14H,2-3,8-11H2,1H3,(H,17,19). The molecule has 0 spiro atoms. The summed E-state index contributed by atoms with van der Waals surface area (Å²) in [5, 5.41) is 2.75. The molecule has 0 bridgehead atoms. The van der Waals surface area contributed by atoms with Crippen molar-refractivity contribution < 1.29 is 22.3 Å². The maximum atomic E-state index is 13.0. The normalized spacial score (nSPS) is 17.9. The van der Waals surface area contributed by atoms with Crippen molar-refractivity contribution in [2.75, 3.05) is 30.3 Å². The Balaban J connectivity index is 1.90. The lowest BCUT2D eigenvalue weighted by molar-refractivity contribution is -0.121. The van der Waals surface area contributed by atoms with Gasteiger partial charge in [0.15, 0.2) is 0 Å². The molecule has 1 aromatic carbocycles. The molecule has 1 unspecified atom stereocenters. The first-order valence-corrected chi connectivity index (χ1v) is 9.32. The van der Waals surface area contributed by atoms with Gasteiger partial charge in [-0.1, -0.05) is 0 Å². The maximum Gasteiger partial charge on any atom is 0.232 e. The van der Waals surface area contributed by atoms with E-state index in [0.717, 1.165) is 23.4 Å². The predicted octanol–water partition coefficient (Wildman–Crippen LogP) is 1.28. The van der Waals surface area contributed by atoms with Crippen molar-refractivity contribution in [2.24, 2.45) is 0 Å². The van der Waals surface area contributed by atoms with E-state index in [2.05, 4.69) is 5.32 Å². The molecule has 8 heteroatoms. The fourth-order valence-corrected chi connectivity index (χ4v) is 3.35. The number of carbonyl (C=O) groups is 1. The zero-order valence-corrected chi connectivity index (χ0v) is 13.8. The molecular formula is C15H21FN2O4S. The van der Waals surface area contributed by atoms with Crippen LogP contribution >= 0.6 is 0 Å². The molecule has 2 rings (SSSR count). The topological polar surface area (TPSA) is 75.7 Å². The molecule has 1 heterocycles. The molecule has 1 aliphatic heterocycles. The van der Waals surface area contributed by atoms with Gasteiger partial charge in [0.25, 0.3) is 0 Å². The number of sulfonamides is 1. The third-order valence-electron chi connectivity index (χ3n) is 3.61. The molecule has 1 atom stereocenters. The first-order chi connectivity index (χ1) is 10.9. The number of anilines is 1. The van der Waals surface area contributed by atoms with Crippen LogP contribution in [0.5, 0.6) is 0 Å². The van der Waals surface area contributed by atoms with E-state index >= 15 is 0 Å². The molecule has 6 nitrogen and oxygen atoms in total. The van der Waals surface area contributed by atoms with E-state index in [1.165, 1.54) is 24.3 Å². The smallest absolute Gasteiger partial charge is 0.232 e. The molecule has 128 valence electrons. The quantitative estimate of drug-likeness (QED) is 0.808. The number of ether oxygens (including phenoxy) is 1. The Morgan fingerprint density at radius 2 is 2.09 bits per heavy atom. The average molecular weight is 344 g/mol. The van der Waals surface area contributed by atoms with Crippen molar-refractivity contribution in [3.05, 3.63) is 30.1 Å². The number of halogens is 1. The van der Waals surface area contributed by atoms with Gasteiger partial charge in [0, 0.05) is 26.1 Å². The molecule has 23 heavy (non-hydrogen) atoms. The van der Waals surface area contributed by atoms with Crippen LogP contribution in [-0.2, 0) is 19.6 Å². The second-order valence-electron chi connectivity index (χ2n) is 5.50. The van der Waals surface area contributed by atoms with Gasteiger partial charge < -0.3 is 10.1 Å². The van der Waals surface area contributed by atoms with Crippen molar-refractivity contribution in [1.82, 2.24) is 5.32 Å². The second-order valence-corrected chi connectivity index (χ2v) is 7.41. The number of amides is 1. The number of benzene rings is 1. The van der Waals surface area contributed by atoms with Gasteiger partial charge in [0.05, 0.1) is 18.0 Å². The van der Waals surface area contributed by atoms with E-state index in [4.69, 9.17) is 4.74 Å². The lowest BCUT2D eigenvalue weighted by atomic mass is 10.2. The van der Waals surface area contributed by atoms with Crippen LogP contribution in [0.3, 0.4) is 0 Å². The Morgan fingerprint density at radius 1 is 1.39 bits per heavy atom. The maximum absolute atomic E-state index is 13.0. The minimum atomic E-state index is -3.55. The Morgan fingerprint density at radius 3 is 2.65 bits per heavy atom. The van der Waals surface area contributed by atoms with E-state index in [0.29, 0.717) is 18.8 Å². The number of nitrogens with one attached hydrogen (secondary N) is 1. The van der Waals surface area contributed by atoms with Gasteiger partial charge in [-0.3, -0.25) is 9.10 Å². The van der Waals surface area contributed by atoms with Gasteiger partial charge in [-0.25, -0.2) is 12.8 Å². The SMILES string of the molecule is CS(=O)(=O)N(CCC(=O)NCC1CCCO1)c1ccc(F)cc1. The van der Waals surface area contributed by atoms with Crippen molar-refractivity contribution in [3.8, 4) is 0 Å². The van der Waals surface area contributed by atoms with Crippen molar-refractivity contribution >= 4 is 21.6 Å². The van der Waals surface area contributed by atoms with Crippen LogP contribution in [0.4, 0.5) is 10.1 Å². The lowest BCUT2D eigenvalue weighted by Crippen LogP contribution is -2.36. The molecule has 1 aromatic rings. The summed E-state index contributed by atoms with van der Waals surface area (Å²) in [6.07, 6.45) is 3.04. The van der Waals surface area contributed by atoms with Crippen LogP contribution < -0.4 is 9.62 Å². The third kappa shape index (κ3) is 5.47. The van der Waals surface area contributed by atoms with Crippen LogP contribution in [0.2, 0.25) is 0 Å². The molecule has 0 radical (unpaired) electrons. The summed E-state index contributed by atoms with van der Waals surface area (Å²) in [5.74, 6) is -0.687. The highest BCUT2D eigenvalue weighted by atomic mass is 32.2. The molecule has 0 saturated carbocycles.